The van der Waals surface area contributed by atoms with E-state index in [0.29, 0.717) is 47.5 Å². The molecule has 0 spiro atoms. The number of aliphatic hydroxyl groups excluding tert-OH is 1. The van der Waals surface area contributed by atoms with Crippen LogP contribution in [0.1, 0.15) is 63.8 Å². The highest BCUT2D eigenvalue weighted by Crippen LogP contribution is 2.43. The number of anilines is 1. The molecule has 1 aliphatic carbocycles. The molecule has 1 aliphatic heterocycles. The van der Waals surface area contributed by atoms with Crippen molar-refractivity contribution in [2.75, 3.05) is 25.5 Å². The molecule has 2 fully saturated rings. The molecule has 0 aromatic carbocycles. The summed E-state index contributed by atoms with van der Waals surface area (Å²) < 4.78 is 27.6. The quantitative estimate of drug-likeness (QED) is 0.507. The maximum atomic E-state index is 14.9. The molecule has 0 radical (unpaired) electrons. The van der Waals surface area contributed by atoms with Crippen LogP contribution in [0.2, 0.25) is 0 Å². The highest BCUT2D eigenvalue weighted by molar-refractivity contribution is 5.69. The third kappa shape index (κ3) is 5.31. The van der Waals surface area contributed by atoms with Gasteiger partial charge in [0.2, 0.25) is 0 Å². The Morgan fingerprint density at radius 3 is 2.70 bits per heavy atom. The van der Waals surface area contributed by atoms with Gasteiger partial charge in [0.15, 0.2) is 17.3 Å². The van der Waals surface area contributed by atoms with E-state index >= 15 is 0 Å². The molecule has 0 bridgehead atoms. The molecule has 1 saturated heterocycles. The van der Waals surface area contributed by atoms with Crippen molar-refractivity contribution in [3.63, 3.8) is 0 Å². The fraction of sp³-hybridized carbons (Fsp3) is 0.538. The van der Waals surface area contributed by atoms with Gasteiger partial charge < -0.3 is 24.8 Å². The van der Waals surface area contributed by atoms with Crippen LogP contribution in [0.3, 0.4) is 0 Å². The Labute approximate surface area is 214 Å². The molecule has 11 heteroatoms. The van der Waals surface area contributed by atoms with E-state index in [4.69, 9.17) is 14.6 Å². The lowest BCUT2D eigenvalue weighted by Gasteiger charge is -2.34. The number of pyridine rings is 1. The summed E-state index contributed by atoms with van der Waals surface area (Å²) in [6.45, 7) is 6.13. The van der Waals surface area contributed by atoms with Crippen molar-refractivity contribution in [1.29, 1.82) is 0 Å². The molecule has 37 heavy (non-hydrogen) atoms. The maximum Gasteiger partial charge on any atom is 0.410 e. The number of hydrogen-bond donors (Lipinski definition) is 2. The van der Waals surface area contributed by atoms with Crippen LogP contribution < -0.4 is 10.1 Å². The zero-order valence-electron chi connectivity index (χ0n) is 21.6. The van der Waals surface area contributed by atoms with E-state index in [2.05, 4.69) is 15.3 Å². The van der Waals surface area contributed by atoms with Crippen molar-refractivity contribution in [3.05, 3.63) is 35.4 Å². The van der Waals surface area contributed by atoms with Gasteiger partial charge in [-0.15, -0.1) is 0 Å². The first-order chi connectivity index (χ1) is 17.7. The van der Waals surface area contributed by atoms with E-state index in [1.807, 2.05) is 20.8 Å². The number of nitrogens with one attached hydrogen (secondary N) is 1. The van der Waals surface area contributed by atoms with E-state index in [9.17, 15) is 14.3 Å². The predicted molar refractivity (Wildman–Crippen MR) is 135 cm³/mol. The van der Waals surface area contributed by atoms with Crippen LogP contribution in [-0.2, 0) is 11.3 Å². The van der Waals surface area contributed by atoms with Gasteiger partial charge in [0.1, 0.15) is 22.7 Å². The lowest BCUT2D eigenvalue weighted by atomic mass is 10.1. The summed E-state index contributed by atoms with van der Waals surface area (Å²) >= 11 is 0. The summed E-state index contributed by atoms with van der Waals surface area (Å²) in [5.74, 6) is 0.552. The summed E-state index contributed by atoms with van der Waals surface area (Å²) in [6.07, 6.45) is 3.21. The fourth-order valence-electron chi connectivity index (χ4n) is 4.64. The minimum atomic E-state index is -0.588. The number of hydrogen-bond acceptors (Lipinski definition) is 8. The SMILES string of the molecule is COc1cc2nc(CO)c(-c3ccc(F)c(N[C@@H]4CCCN(C(=O)OC(C)(C)C)C4)n3)n2nc1C1CC1. The van der Waals surface area contributed by atoms with Crippen molar-refractivity contribution >= 4 is 17.6 Å². The number of imidazole rings is 1. The Hall–Kier alpha value is -3.47. The average molecular weight is 513 g/mol. The molecule has 4 heterocycles. The van der Waals surface area contributed by atoms with Crippen molar-refractivity contribution < 1.29 is 23.8 Å². The Morgan fingerprint density at radius 2 is 2.03 bits per heavy atom. The Bertz CT molecular complexity index is 1320. The number of piperidine rings is 1. The number of aliphatic hydroxyl groups is 1. The topological polar surface area (TPSA) is 114 Å². The van der Waals surface area contributed by atoms with Crippen LogP contribution in [-0.4, -0.2) is 67.5 Å². The van der Waals surface area contributed by atoms with Gasteiger partial charge in [-0.25, -0.2) is 23.7 Å². The second-order valence-corrected chi connectivity index (χ2v) is 10.6. The molecule has 3 aromatic rings. The van der Waals surface area contributed by atoms with Gasteiger partial charge in [0.05, 0.1) is 25.1 Å². The molecule has 10 nitrogen and oxygen atoms in total. The van der Waals surface area contributed by atoms with E-state index in [0.717, 1.165) is 31.4 Å². The highest BCUT2D eigenvalue weighted by Gasteiger charge is 2.31. The smallest absolute Gasteiger partial charge is 0.410 e. The second kappa shape index (κ2) is 9.77. The van der Waals surface area contributed by atoms with Crippen molar-refractivity contribution in [2.24, 2.45) is 0 Å². The normalized spacial score (nSPS) is 18.2. The molecule has 1 amide bonds. The zero-order chi connectivity index (χ0) is 26.3. The number of amides is 1. The number of rotatable bonds is 6. The number of carbonyl (C=O) groups is 1. The van der Waals surface area contributed by atoms with Gasteiger partial charge in [0.25, 0.3) is 0 Å². The van der Waals surface area contributed by atoms with Gasteiger partial charge in [-0.2, -0.15) is 5.10 Å². The molecule has 198 valence electrons. The average Bonchev–Trinajstić information content (AvgIpc) is 3.64. The predicted octanol–water partition coefficient (Wildman–Crippen LogP) is 4.12. The number of methoxy groups -OCH3 is 1. The number of fused-ring (bicyclic) bond motifs is 1. The number of halogens is 1. The summed E-state index contributed by atoms with van der Waals surface area (Å²) in [4.78, 5) is 23.3. The Balaban J connectivity index is 1.44. The van der Waals surface area contributed by atoms with Crippen LogP contribution >= 0.6 is 0 Å². The first kappa shape index (κ1) is 25.2. The number of ether oxygens (including phenoxy) is 2. The lowest BCUT2D eigenvalue weighted by molar-refractivity contribution is 0.0206. The molecular weight excluding hydrogens is 479 g/mol. The van der Waals surface area contributed by atoms with Gasteiger partial charge in [-0.05, 0) is 58.6 Å². The largest absolute Gasteiger partial charge is 0.495 e. The first-order valence-corrected chi connectivity index (χ1v) is 12.7. The Morgan fingerprint density at radius 1 is 1.24 bits per heavy atom. The zero-order valence-corrected chi connectivity index (χ0v) is 21.6. The van der Waals surface area contributed by atoms with Gasteiger partial charge in [0, 0.05) is 31.1 Å². The molecule has 3 aromatic heterocycles. The summed E-state index contributed by atoms with van der Waals surface area (Å²) in [5.41, 5.74) is 2.09. The Kier molecular flexibility index (Phi) is 6.65. The summed E-state index contributed by atoms with van der Waals surface area (Å²) in [6, 6.07) is 4.51. The van der Waals surface area contributed by atoms with Crippen LogP contribution in [0.15, 0.2) is 18.2 Å². The van der Waals surface area contributed by atoms with Crippen LogP contribution in [0.25, 0.3) is 17.0 Å². The van der Waals surface area contributed by atoms with Gasteiger partial charge in [-0.1, -0.05) is 0 Å². The van der Waals surface area contributed by atoms with Crippen molar-refractivity contribution in [1.82, 2.24) is 24.5 Å². The maximum absolute atomic E-state index is 14.9. The molecule has 1 saturated carbocycles. The van der Waals surface area contributed by atoms with Gasteiger partial charge >= 0.3 is 6.09 Å². The van der Waals surface area contributed by atoms with E-state index < -0.39 is 11.4 Å². The lowest BCUT2D eigenvalue weighted by Crippen LogP contribution is -2.47. The number of nitrogens with zero attached hydrogens (tertiary/aromatic N) is 5. The molecule has 5 rings (SSSR count). The fourth-order valence-corrected chi connectivity index (χ4v) is 4.64. The number of aromatic nitrogens is 4. The standard InChI is InChI=1S/C26H33FN6O4/c1-26(2,3)37-25(35)32-11-5-6-16(13-32)28-24-17(27)9-10-18(30-24)23-19(14-34)29-21-12-20(36-4)22(15-7-8-15)31-33(21)23/h9-10,12,15-16,34H,5-8,11,13-14H2,1-4H3,(H,28,30)/t16-/m1/s1. The first-order valence-electron chi connectivity index (χ1n) is 12.7. The van der Waals surface area contributed by atoms with Crippen LogP contribution in [0.4, 0.5) is 15.0 Å². The third-order valence-electron chi connectivity index (χ3n) is 6.51. The summed E-state index contributed by atoms with van der Waals surface area (Å²) in [5, 5.41) is 18.0. The molecule has 1 atom stereocenters. The second-order valence-electron chi connectivity index (χ2n) is 10.6. The van der Waals surface area contributed by atoms with E-state index in [1.165, 1.54) is 6.07 Å². The molecule has 2 N–H and O–H groups in total. The molecular formula is C26H33FN6O4. The number of carbonyl (C=O) groups excluding carboxylic acids is 1. The van der Waals surface area contributed by atoms with Crippen molar-refractivity contribution in [2.45, 2.75) is 70.6 Å². The van der Waals surface area contributed by atoms with Crippen LogP contribution in [0, 0.1) is 5.82 Å². The van der Waals surface area contributed by atoms with Gasteiger partial charge in [-0.3, -0.25) is 0 Å². The number of likely N-dealkylation sites (tertiary alicyclic amines) is 1. The molecule has 0 unspecified atom stereocenters. The van der Waals surface area contributed by atoms with E-state index in [1.54, 1.807) is 28.7 Å². The van der Waals surface area contributed by atoms with E-state index in [-0.39, 0.29) is 24.6 Å². The summed E-state index contributed by atoms with van der Waals surface area (Å²) in [7, 11) is 1.60. The minimum Gasteiger partial charge on any atom is -0.495 e. The van der Waals surface area contributed by atoms with Crippen molar-refractivity contribution in [3.8, 4) is 17.1 Å². The highest BCUT2D eigenvalue weighted by atomic mass is 19.1. The molecule has 2 aliphatic rings. The monoisotopic (exact) mass is 512 g/mol. The van der Waals surface area contributed by atoms with Crippen LogP contribution in [0.5, 0.6) is 5.75 Å². The third-order valence-corrected chi connectivity index (χ3v) is 6.51. The minimum absolute atomic E-state index is 0.0725.